The van der Waals surface area contributed by atoms with Gasteiger partial charge in [-0.1, -0.05) is 12.1 Å². The van der Waals surface area contributed by atoms with Crippen molar-refractivity contribution in [2.75, 3.05) is 12.9 Å². The van der Waals surface area contributed by atoms with Crippen LogP contribution in [-0.4, -0.2) is 37.4 Å². The normalized spacial score (nSPS) is 15.1. The summed E-state index contributed by atoms with van der Waals surface area (Å²) in [6.45, 7) is -1.30. The van der Waals surface area contributed by atoms with Crippen molar-refractivity contribution in [3.8, 4) is 0 Å². The Balaban J connectivity index is 3.02. The lowest BCUT2D eigenvalue weighted by molar-refractivity contribution is -0.536. The molecule has 0 aliphatic heterocycles. The summed E-state index contributed by atoms with van der Waals surface area (Å²) in [5.74, 6) is 0. The molecule has 100 valence electrons. The van der Waals surface area contributed by atoms with Gasteiger partial charge in [-0.25, -0.2) is 12.8 Å². The molecule has 0 aliphatic rings. The minimum atomic E-state index is -3.38. The molecule has 0 saturated heterocycles. The molecule has 0 bridgehead atoms. The highest BCUT2D eigenvalue weighted by atomic mass is 32.2. The van der Waals surface area contributed by atoms with Crippen LogP contribution >= 0.6 is 0 Å². The van der Waals surface area contributed by atoms with Gasteiger partial charge in [0.1, 0.15) is 6.10 Å². The third kappa shape index (κ3) is 3.23. The summed E-state index contributed by atoms with van der Waals surface area (Å²) in [5, 5.41) is 20.1. The van der Waals surface area contributed by atoms with Crippen molar-refractivity contribution in [3.63, 3.8) is 0 Å². The number of nitrogens with zero attached hydrogens (tertiary/aromatic N) is 1. The predicted molar refractivity (Wildman–Crippen MR) is 61.3 cm³/mol. The van der Waals surface area contributed by atoms with E-state index in [0.717, 1.165) is 6.26 Å². The zero-order valence-electron chi connectivity index (χ0n) is 9.48. The van der Waals surface area contributed by atoms with Crippen LogP contribution in [0.1, 0.15) is 11.7 Å². The standard InChI is InChI=1S/C10H12FNO5S/c1-18(16,17)8-4-2-7(3-5-8)10(13)9(6-11)12(14)15/h2-5,9-10,13H,6H2,1H3/t9-,10-/m1/s1. The van der Waals surface area contributed by atoms with Crippen molar-refractivity contribution in [3.05, 3.63) is 39.9 Å². The van der Waals surface area contributed by atoms with E-state index >= 15 is 0 Å². The summed E-state index contributed by atoms with van der Waals surface area (Å²) in [6.07, 6.45) is -0.599. The van der Waals surface area contributed by atoms with Crippen LogP contribution in [0, 0.1) is 10.1 Å². The Morgan fingerprint density at radius 3 is 2.22 bits per heavy atom. The second kappa shape index (κ2) is 5.40. The molecule has 0 fully saturated rings. The van der Waals surface area contributed by atoms with Gasteiger partial charge in [-0.05, 0) is 17.7 Å². The maximum absolute atomic E-state index is 12.4. The summed E-state index contributed by atoms with van der Waals surface area (Å²) >= 11 is 0. The minimum Gasteiger partial charge on any atom is -0.381 e. The molecular formula is C10H12FNO5S. The summed E-state index contributed by atoms with van der Waals surface area (Å²) in [7, 11) is -3.38. The molecule has 1 rings (SSSR count). The van der Waals surface area contributed by atoms with Crippen LogP contribution in [0.3, 0.4) is 0 Å². The molecule has 1 N–H and O–H groups in total. The zero-order chi connectivity index (χ0) is 13.9. The Kier molecular flexibility index (Phi) is 4.36. The zero-order valence-corrected chi connectivity index (χ0v) is 10.3. The lowest BCUT2D eigenvalue weighted by atomic mass is 10.0. The van der Waals surface area contributed by atoms with Crippen LogP contribution in [0.2, 0.25) is 0 Å². The summed E-state index contributed by atoms with van der Waals surface area (Å²) in [4.78, 5) is 9.60. The van der Waals surface area contributed by atoms with Crippen molar-refractivity contribution >= 4 is 9.84 Å². The third-order valence-electron chi connectivity index (χ3n) is 2.44. The van der Waals surface area contributed by atoms with Crippen molar-refractivity contribution in [2.24, 2.45) is 0 Å². The molecule has 1 aromatic rings. The maximum Gasteiger partial charge on any atom is 0.270 e. The molecule has 2 atom stereocenters. The van der Waals surface area contributed by atoms with E-state index in [4.69, 9.17) is 0 Å². The molecule has 0 spiro atoms. The minimum absolute atomic E-state index is 0.0244. The summed E-state index contributed by atoms with van der Waals surface area (Å²) < 4.78 is 34.8. The summed E-state index contributed by atoms with van der Waals surface area (Å²) in [5.41, 5.74) is 0.0988. The van der Waals surface area contributed by atoms with Gasteiger partial charge in [-0.3, -0.25) is 10.1 Å². The van der Waals surface area contributed by atoms with Crippen LogP contribution in [0.4, 0.5) is 4.39 Å². The SMILES string of the molecule is CS(=O)(=O)c1ccc([C@@H](O)[C@@H](CF)[N+](=O)[O-])cc1. The maximum atomic E-state index is 12.4. The van der Waals surface area contributed by atoms with Gasteiger partial charge < -0.3 is 5.11 Å². The summed E-state index contributed by atoms with van der Waals surface area (Å²) in [6, 6.07) is 3.13. The number of halogens is 1. The number of aliphatic hydroxyl groups is 1. The van der Waals surface area contributed by atoms with E-state index in [1.54, 1.807) is 0 Å². The molecule has 0 aromatic heterocycles. The fourth-order valence-electron chi connectivity index (χ4n) is 1.39. The molecule has 0 amide bonds. The number of rotatable bonds is 5. The molecule has 0 radical (unpaired) electrons. The Hall–Kier alpha value is -1.54. The number of hydrogen-bond acceptors (Lipinski definition) is 5. The quantitative estimate of drug-likeness (QED) is 0.632. The number of aliphatic hydroxyl groups excluding tert-OH is 1. The van der Waals surface area contributed by atoms with E-state index in [-0.39, 0.29) is 10.5 Å². The lowest BCUT2D eigenvalue weighted by Crippen LogP contribution is -2.29. The number of alkyl halides is 1. The first-order valence-corrected chi connectivity index (χ1v) is 6.84. The van der Waals surface area contributed by atoms with Crippen LogP contribution in [0.5, 0.6) is 0 Å². The molecule has 1 aromatic carbocycles. The molecular weight excluding hydrogens is 265 g/mol. The third-order valence-corrected chi connectivity index (χ3v) is 3.57. The van der Waals surface area contributed by atoms with Gasteiger partial charge >= 0.3 is 0 Å². The highest BCUT2D eigenvalue weighted by molar-refractivity contribution is 7.90. The highest BCUT2D eigenvalue weighted by Gasteiger charge is 2.31. The van der Waals surface area contributed by atoms with E-state index in [9.17, 15) is 28.0 Å². The van der Waals surface area contributed by atoms with Crippen molar-refractivity contribution in [2.45, 2.75) is 17.0 Å². The first kappa shape index (κ1) is 14.5. The Morgan fingerprint density at radius 1 is 1.39 bits per heavy atom. The molecule has 18 heavy (non-hydrogen) atoms. The second-order valence-corrected chi connectivity index (χ2v) is 5.81. The Labute approximate surface area is 103 Å². The van der Waals surface area contributed by atoms with Crippen molar-refractivity contribution in [1.29, 1.82) is 0 Å². The fourth-order valence-corrected chi connectivity index (χ4v) is 2.02. The molecule has 0 aliphatic carbocycles. The number of nitro groups is 1. The van der Waals surface area contributed by atoms with Crippen LogP contribution in [-0.2, 0) is 9.84 Å². The topological polar surface area (TPSA) is 97.5 Å². The van der Waals surface area contributed by atoms with Crippen LogP contribution in [0.25, 0.3) is 0 Å². The molecule has 0 saturated carbocycles. The van der Waals surface area contributed by atoms with Gasteiger partial charge in [0.25, 0.3) is 6.04 Å². The smallest absolute Gasteiger partial charge is 0.270 e. The number of hydrogen-bond donors (Lipinski definition) is 1. The van der Waals surface area contributed by atoms with Crippen LogP contribution in [0.15, 0.2) is 29.2 Å². The largest absolute Gasteiger partial charge is 0.381 e. The number of benzene rings is 1. The van der Waals surface area contributed by atoms with Gasteiger partial charge in [-0.2, -0.15) is 0 Å². The molecule has 0 unspecified atom stereocenters. The van der Waals surface area contributed by atoms with Gasteiger partial charge in [0, 0.05) is 11.2 Å². The average molecular weight is 277 g/mol. The molecule has 8 heteroatoms. The Bertz CT molecular complexity index is 528. The van der Waals surface area contributed by atoms with E-state index < -0.39 is 33.6 Å². The number of sulfone groups is 1. The average Bonchev–Trinajstić information content (AvgIpc) is 2.28. The van der Waals surface area contributed by atoms with Crippen molar-refractivity contribution < 1.29 is 22.8 Å². The lowest BCUT2D eigenvalue weighted by Gasteiger charge is -2.13. The Morgan fingerprint density at radius 2 is 1.89 bits per heavy atom. The molecule has 6 nitrogen and oxygen atoms in total. The van der Waals surface area contributed by atoms with Crippen LogP contribution < -0.4 is 0 Å². The highest BCUT2D eigenvalue weighted by Crippen LogP contribution is 2.21. The van der Waals surface area contributed by atoms with E-state index in [0.29, 0.717) is 0 Å². The van der Waals surface area contributed by atoms with Gasteiger partial charge in [0.2, 0.25) is 0 Å². The van der Waals surface area contributed by atoms with E-state index in [1.807, 2.05) is 0 Å². The first-order valence-electron chi connectivity index (χ1n) is 4.95. The second-order valence-electron chi connectivity index (χ2n) is 3.79. The van der Waals surface area contributed by atoms with Crippen molar-refractivity contribution in [1.82, 2.24) is 0 Å². The van der Waals surface area contributed by atoms with Gasteiger partial charge in [0.05, 0.1) is 4.90 Å². The first-order chi connectivity index (χ1) is 8.27. The van der Waals surface area contributed by atoms with E-state index in [1.165, 1.54) is 24.3 Å². The predicted octanol–water partition coefficient (Wildman–Crippen LogP) is 0.738. The molecule has 0 heterocycles. The van der Waals surface area contributed by atoms with E-state index in [2.05, 4.69) is 0 Å². The monoisotopic (exact) mass is 277 g/mol. The fraction of sp³-hybridized carbons (Fsp3) is 0.400. The van der Waals surface area contributed by atoms with Gasteiger partial charge in [-0.15, -0.1) is 0 Å². The van der Waals surface area contributed by atoms with Gasteiger partial charge in [0.15, 0.2) is 16.5 Å².